The number of hydrogen-bond donors (Lipinski definition) is 2. The van der Waals surface area contributed by atoms with E-state index in [1.807, 2.05) is 0 Å². The number of carbonyl (C=O) groups is 3. The fraction of sp³-hybridized carbons (Fsp3) is 0.769. The maximum absolute atomic E-state index is 12.5. The Morgan fingerprint density at radius 2 is 1.84 bits per heavy atom. The van der Waals surface area contributed by atoms with Gasteiger partial charge in [-0.05, 0) is 24.7 Å². The van der Waals surface area contributed by atoms with Crippen LogP contribution in [0.2, 0.25) is 0 Å². The third-order valence-corrected chi connectivity index (χ3v) is 4.47. The fourth-order valence-electron chi connectivity index (χ4n) is 3.23. The third-order valence-electron chi connectivity index (χ3n) is 4.47. The first-order valence-electron chi connectivity index (χ1n) is 6.61. The summed E-state index contributed by atoms with van der Waals surface area (Å²) in [5.74, 6) is -2.88. The van der Waals surface area contributed by atoms with Crippen LogP contribution in [-0.2, 0) is 14.4 Å². The van der Waals surface area contributed by atoms with Crippen molar-refractivity contribution in [3.05, 3.63) is 0 Å². The SMILES string of the molecule is CC1(C)[C@H](C(=O)O)[C@@H]1C(=O)N1CCCCC1C(N)=O. The second-order valence-electron chi connectivity index (χ2n) is 6.06. The molecule has 19 heavy (non-hydrogen) atoms. The van der Waals surface area contributed by atoms with Gasteiger partial charge in [-0.25, -0.2) is 0 Å². The number of carboxylic acids is 1. The molecule has 2 aliphatic rings. The quantitative estimate of drug-likeness (QED) is 0.764. The van der Waals surface area contributed by atoms with Crippen molar-refractivity contribution < 1.29 is 19.5 Å². The lowest BCUT2D eigenvalue weighted by Gasteiger charge is -2.34. The molecule has 3 atom stereocenters. The minimum atomic E-state index is -0.948. The molecule has 0 radical (unpaired) electrons. The summed E-state index contributed by atoms with van der Waals surface area (Å²) >= 11 is 0. The lowest BCUT2D eigenvalue weighted by atomic mass is 10.00. The van der Waals surface area contributed by atoms with E-state index >= 15 is 0 Å². The maximum atomic E-state index is 12.5. The molecular weight excluding hydrogens is 248 g/mol. The van der Waals surface area contributed by atoms with E-state index in [0.717, 1.165) is 12.8 Å². The van der Waals surface area contributed by atoms with Crippen molar-refractivity contribution in [3.63, 3.8) is 0 Å². The number of nitrogens with two attached hydrogens (primary N) is 1. The minimum absolute atomic E-state index is 0.235. The number of carbonyl (C=O) groups excluding carboxylic acids is 2. The number of amides is 2. The molecule has 0 bridgehead atoms. The first-order chi connectivity index (χ1) is 8.78. The number of hydrogen-bond acceptors (Lipinski definition) is 3. The van der Waals surface area contributed by atoms with Crippen LogP contribution in [0.4, 0.5) is 0 Å². The lowest BCUT2D eigenvalue weighted by molar-refractivity contribution is -0.145. The summed E-state index contributed by atoms with van der Waals surface area (Å²) < 4.78 is 0. The zero-order valence-electron chi connectivity index (χ0n) is 11.3. The average Bonchev–Trinajstić information content (AvgIpc) is 2.91. The van der Waals surface area contributed by atoms with Crippen LogP contribution >= 0.6 is 0 Å². The van der Waals surface area contributed by atoms with Crippen LogP contribution in [0.25, 0.3) is 0 Å². The highest BCUT2D eigenvalue weighted by Crippen LogP contribution is 2.59. The van der Waals surface area contributed by atoms with E-state index in [1.54, 1.807) is 13.8 Å². The summed E-state index contributed by atoms with van der Waals surface area (Å²) in [5, 5.41) is 9.12. The Bertz CT molecular complexity index is 432. The molecule has 2 rings (SSSR count). The van der Waals surface area contributed by atoms with Crippen LogP contribution in [0.3, 0.4) is 0 Å². The predicted octanol–water partition coefficient (Wildman–Crippen LogP) is 0.210. The molecule has 0 aromatic carbocycles. The van der Waals surface area contributed by atoms with E-state index in [1.165, 1.54) is 4.90 Å². The number of nitrogens with zero attached hydrogens (tertiary/aromatic N) is 1. The van der Waals surface area contributed by atoms with E-state index in [2.05, 4.69) is 0 Å². The summed E-state index contributed by atoms with van der Waals surface area (Å²) in [6.45, 7) is 4.04. The molecule has 1 saturated heterocycles. The molecule has 0 aromatic heterocycles. The Morgan fingerprint density at radius 3 is 2.32 bits per heavy atom. The van der Waals surface area contributed by atoms with Crippen molar-refractivity contribution in [2.24, 2.45) is 23.0 Å². The van der Waals surface area contributed by atoms with Crippen molar-refractivity contribution in [1.29, 1.82) is 0 Å². The zero-order valence-corrected chi connectivity index (χ0v) is 11.3. The topological polar surface area (TPSA) is 101 Å². The molecule has 1 heterocycles. The summed E-state index contributed by atoms with van der Waals surface area (Å²) in [6, 6.07) is -0.577. The fourth-order valence-corrected chi connectivity index (χ4v) is 3.23. The molecule has 6 nitrogen and oxygen atoms in total. The Morgan fingerprint density at radius 1 is 1.21 bits per heavy atom. The second-order valence-corrected chi connectivity index (χ2v) is 6.06. The van der Waals surface area contributed by atoms with Crippen LogP contribution in [0.15, 0.2) is 0 Å². The van der Waals surface area contributed by atoms with Crippen molar-refractivity contribution in [3.8, 4) is 0 Å². The molecule has 1 aliphatic heterocycles. The lowest BCUT2D eigenvalue weighted by Crippen LogP contribution is -2.51. The minimum Gasteiger partial charge on any atom is -0.481 e. The summed E-state index contributed by atoms with van der Waals surface area (Å²) in [4.78, 5) is 36.5. The Kier molecular flexibility index (Phi) is 3.28. The number of carboxylic acid groups (broad SMARTS) is 1. The Hall–Kier alpha value is -1.59. The first-order valence-corrected chi connectivity index (χ1v) is 6.61. The van der Waals surface area contributed by atoms with E-state index in [-0.39, 0.29) is 5.91 Å². The van der Waals surface area contributed by atoms with Gasteiger partial charge in [0, 0.05) is 6.54 Å². The molecule has 2 fully saturated rings. The molecule has 0 spiro atoms. The smallest absolute Gasteiger partial charge is 0.307 e. The van der Waals surface area contributed by atoms with Crippen molar-refractivity contribution in [2.45, 2.75) is 39.2 Å². The van der Waals surface area contributed by atoms with E-state index in [0.29, 0.717) is 13.0 Å². The van der Waals surface area contributed by atoms with Crippen LogP contribution in [0, 0.1) is 17.3 Å². The standard InChI is InChI=1S/C13H20N2O4/c1-13(2)8(9(13)12(18)19)11(17)15-6-4-3-5-7(15)10(14)16/h7-9H,3-6H2,1-2H3,(H2,14,16)(H,18,19)/t7?,8-,9+/m1/s1. The van der Waals surface area contributed by atoms with E-state index < -0.39 is 35.2 Å². The van der Waals surface area contributed by atoms with Crippen LogP contribution in [0.5, 0.6) is 0 Å². The number of rotatable bonds is 3. The summed E-state index contributed by atoms with van der Waals surface area (Å²) in [5.41, 5.74) is 4.79. The van der Waals surface area contributed by atoms with Crippen molar-refractivity contribution in [2.75, 3.05) is 6.54 Å². The monoisotopic (exact) mass is 268 g/mol. The number of piperidine rings is 1. The molecule has 2 amide bonds. The number of aliphatic carboxylic acids is 1. The molecule has 106 valence electrons. The number of likely N-dealkylation sites (tertiary alicyclic amines) is 1. The Labute approximate surface area is 111 Å². The van der Waals surface area contributed by atoms with Crippen LogP contribution < -0.4 is 5.73 Å². The van der Waals surface area contributed by atoms with Gasteiger partial charge in [0.1, 0.15) is 6.04 Å². The molecule has 1 aliphatic carbocycles. The van der Waals surface area contributed by atoms with Crippen molar-refractivity contribution >= 4 is 17.8 Å². The van der Waals surface area contributed by atoms with Gasteiger partial charge in [0.05, 0.1) is 11.8 Å². The van der Waals surface area contributed by atoms with E-state index in [4.69, 9.17) is 10.8 Å². The Balaban J connectivity index is 2.15. The summed E-state index contributed by atoms with van der Waals surface area (Å²) in [7, 11) is 0. The predicted molar refractivity (Wildman–Crippen MR) is 66.9 cm³/mol. The largest absolute Gasteiger partial charge is 0.481 e. The van der Waals surface area contributed by atoms with Gasteiger partial charge in [0.25, 0.3) is 0 Å². The van der Waals surface area contributed by atoms with Gasteiger partial charge in [-0.2, -0.15) is 0 Å². The van der Waals surface area contributed by atoms with Crippen LogP contribution in [-0.4, -0.2) is 40.4 Å². The highest BCUT2D eigenvalue weighted by atomic mass is 16.4. The molecule has 1 saturated carbocycles. The highest BCUT2D eigenvalue weighted by Gasteiger charge is 2.67. The van der Waals surface area contributed by atoms with Crippen molar-refractivity contribution in [1.82, 2.24) is 4.90 Å². The normalized spacial score (nSPS) is 32.7. The van der Waals surface area contributed by atoms with Crippen LogP contribution in [0.1, 0.15) is 33.1 Å². The number of primary amides is 1. The highest BCUT2D eigenvalue weighted by molar-refractivity contribution is 5.94. The third kappa shape index (κ3) is 2.19. The average molecular weight is 268 g/mol. The molecule has 0 aromatic rings. The van der Waals surface area contributed by atoms with Gasteiger partial charge < -0.3 is 15.7 Å². The molecule has 3 N–H and O–H groups in total. The second kappa shape index (κ2) is 4.51. The van der Waals surface area contributed by atoms with Gasteiger partial charge in [0.2, 0.25) is 11.8 Å². The molecular formula is C13H20N2O4. The van der Waals surface area contributed by atoms with Gasteiger partial charge >= 0.3 is 5.97 Å². The summed E-state index contributed by atoms with van der Waals surface area (Å²) in [6.07, 6.45) is 2.28. The van der Waals surface area contributed by atoms with Gasteiger partial charge in [0.15, 0.2) is 0 Å². The molecule has 6 heteroatoms. The maximum Gasteiger partial charge on any atom is 0.307 e. The first kappa shape index (κ1) is 13.8. The molecule has 1 unspecified atom stereocenters. The van der Waals surface area contributed by atoms with Gasteiger partial charge in [-0.1, -0.05) is 13.8 Å². The van der Waals surface area contributed by atoms with Gasteiger partial charge in [-0.3, -0.25) is 14.4 Å². The van der Waals surface area contributed by atoms with Gasteiger partial charge in [-0.15, -0.1) is 0 Å². The van der Waals surface area contributed by atoms with E-state index in [9.17, 15) is 14.4 Å². The zero-order chi connectivity index (χ0) is 14.4.